The Labute approximate surface area is 93.8 Å². The molecule has 1 aliphatic carbocycles. The van der Waals surface area contributed by atoms with E-state index in [9.17, 15) is 18.3 Å². The molecule has 0 aromatic heterocycles. The van der Waals surface area contributed by atoms with Gasteiger partial charge in [0.05, 0.1) is 11.7 Å². The Hall–Kier alpha value is -0.290. The van der Waals surface area contributed by atoms with Gasteiger partial charge in [-0.25, -0.2) is 0 Å². The first-order chi connectivity index (χ1) is 7.40. The number of ether oxygens (including phenoxy) is 1. The fourth-order valence-corrected chi connectivity index (χ4v) is 2.40. The molecule has 0 amide bonds. The van der Waals surface area contributed by atoms with E-state index in [0.717, 1.165) is 12.8 Å². The monoisotopic (exact) mass is 240 g/mol. The van der Waals surface area contributed by atoms with Crippen LogP contribution >= 0.6 is 0 Å². The molecule has 1 N–H and O–H groups in total. The van der Waals surface area contributed by atoms with Gasteiger partial charge in [-0.05, 0) is 26.2 Å². The summed E-state index contributed by atoms with van der Waals surface area (Å²) >= 11 is 0. The van der Waals surface area contributed by atoms with E-state index in [1.807, 2.05) is 0 Å². The zero-order valence-electron chi connectivity index (χ0n) is 9.52. The highest BCUT2D eigenvalue weighted by Gasteiger charge is 2.42. The van der Waals surface area contributed by atoms with Gasteiger partial charge in [0.15, 0.2) is 0 Å². The standard InChI is InChI=1S/C11H19F3O2/c1-2-16-10(6-3-4-7-10)9(15)5-8-11(12,13)14/h9,15H,2-8H2,1H3. The number of hydrogen-bond donors (Lipinski definition) is 1. The predicted molar refractivity (Wildman–Crippen MR) is 54.1 cm³/mol. The molecule has 0 aromatic carbocycles. The average molecular weight is 240 g/mol. The van der Waals surface area contributed by atoms with Crippen LogP contribution in [-0.4, -0.2) is 29.6 Å². The van der Waals surface area contributed by atoms with Gasteiger partial charge >= 0.3 is 6.18 Å². The second-order valence-corrected chi connectivity index (χ2v) is 4.37. The number of rotatable bonds is 5. The fraction of sp³-hybridized carbons (Fsp3) is 1.00. The van der Waals surface area contributed by atoms with Gasteiger partial charge in [-0.1, -0.05) is 12.8 Å². The Morgan fingerprint density at radius 3 is 2.31 bits per heavy atom. The van der Waals surface area contributed by atoms with Crippen molar-refractivity contribution < 1.29 is 23.0 Å². The third kappa shape index (κ3) is 3.63. The van der Waals surface area contributed by atoms with E-state index < -0.39 is 24.3 Å². The molecular weight excluding hydrogens is 221 g/mol. The Morgan fingerprint density at radius 2 is 1.88 bits per heavy atom. The van der Waals surface area contributed by atoms with E-state index in [4.69, 9.17) is 4.74 Å². The van der Waals surface area contributed by atoms with Crippen molar-refractivity contribution in [1.29, 1.82) is 0 Å². The first kappa shape index (κ1) is 13.8. The van der Waals surface area contributed by atoms with Crippen molar-refractivity contribution in [1.82, 2.24) is 0 Å². The lowest BCUT2D eigenvalue weighted by Gasteiger charge is -2.34. The van der Waals surface area contributed by atoms with Crippen molar-refractivity contribution in [2.45, 2.75) is 63.3 Å². The summed E-state index contributed by atoms with van der Waals surface area (Å²) < 4.78 is 41.7. The molecule has 0 aliphatic heterocycles. The number of hydrogen-bond acceptors (Lipinski definition) is 2. The van der Waals surface area contributed by atoms with Crippen molar-refractivity contribution in [3.05, 3.63) is 0 Å². The second kappa shape index (κ2) is 5.36. The van der Waals surface area contributed by atoms with E-state index in [1.54, 1.807) is 6.92 Å². The molecule has 0 bridgehead atoms. The summed E-state index contributed by atoms with van der Waals surface area (Å²) in [4.78, 5) is 0. The first-order valence-electron chi connectivity index (χ1n) is 5.78. The number of halogens is 3. The highest BCUT2D eigenvalue weighted by atomic mass is 19.4. The topological polar surface area (TPSA) is 29.5 Å². The fourth-order valence-electron chi connectivity index (χ4n) is 2.40. The quantitative estimate of drug-likeness (QED) is 0.800. The third-order valence-corrected chi connectivity index (χ3v) is 3.19. The molecule has 1 saturated carbocycles. The molecule has 0 spiro atoms. The van der Waals surface area contributed by atoms with Gasteiger partial charge in [0.2, 0.25) is 0 Å². The molecule has 0 heterocycles. The lowest BCUT2D eigenvalue weighted by molar-refractivity contribution is -0.159. The molecule has 0 radical (unpaired) electrons. The van der Waals surface area contributed by atoms with Gasteiger partial charge in [-0.15, -0.1) is 0 Å². The van der Waals surface area contributed by atoms with E-state index in [-0.39, 0.29) is 6.42 Å². The van der Waals surface area contributed by atoms with Gasteiger partial charge in [-0.3, -0.25) is 0 Å². The maximum Gasteiger partial charge on any atom is 0.389 e. The van der Waals surface area contributed by atoms with E-state index in [2.05, 4.69) is 0 Å². The highest BCUT2D eigenvalue weighted by molar-refractivity contribution is 4.93. The molecule has 16 heavy (non-hydrogen) atoms. The first-order valence-corrected chi connectivity index (χ1v) is 5.78. The van der Waals surface area contributed by atoms with Crippen LogP contribution in [0.5, 0.6) is 0 Å². The molecule has 1 unspecified atom stereocenters. The molecule has 0 saturated heterocycles. The van der Waals surface area contributed by atoms with Crippen LogP contribution in [0.3, 0.4) is 0 Å². The number of aliphatic hydroxyl groups is 1. The maximum atomic E-state index is 12.1. The number of aliphatic hydroxyl groups excluding tert-OH is 1. The zero-order chi connectivity index (χ0) is 12.2. The molecule has 1 atom stereocenters. The van der Waals surface area contributed by atoms with Crippen molar-refractivity contribution in [2.75, 3.05) is 6.61 Å². The highest BCUT2D eigenvalue weighted by Crippen LogP contribution is 2.38. The second-order valence-electron chi connectivity index (χ2n) is 4.37. The summed E-state index contributed by atoms with van der Waals surface area (Å²) in [6.07, 6.45) is -3.23. The van der Waals surface area contributed by atoms with Crippen molar-refractivity contribution in [3.63, 3.8) is 0 Å². The van der Waals surface area contributed by atoms with Gasteiger partial charge in [0.1, 0.15) is 0 Å². The Bertz CT molecular complexity index is 210. The predicted octanol–water partition coefficient (Wildman–Crippen LogP) is 3.04. The smallest absolute Gasteiger partial charge is 0.389 e. The summed E-state index contributed by atoms with van der Waals surface area (Å²) in [7, 11) is 0. The van der Waals surface area contributed by atoms with Crippen LogP contribution < -0.4 is 0 Å². The van der Waals surface area contributed by atoms with Gasteiger partial charge in [0.25, 0.3) is 0 Å². The van der Waals surface area contributed by atoms with Crippen molar-refractivity contribution in [3.8, 4) is 0 Å². The zero-order valence-corrected chi connectivity index (χ0v) is 9.52. The van der Waals surface area contributed by atoms with Gasteiger partial charge in [0, 0.05) is 13.0 Å². The van der Waals surface area contributed by atoms with Crippen LogP contribution in [0.4, 0.5) is 13.2 Å². The largest absolute Gasteiger partial charge is 0.390 e. The van der Waals surface area contributed by atoms with Crippen molar-refractivity contribution in [2.24, 2.45) is 0 Å². The Morgan fingerprint density at radius 1 is 1.31 bits per heavy atom. The van der Waals surface area contributed by atoms with E-state index >= 15 is 0 Å². The molecule has 1 rings (SSSR count). The molecule has 1 aliphatic rings. The number of alkyl halides is 3. The van der Waals surface area contributed by atoms with Crippen LogP contribution in [0.2, 0.25) is 0 Å². The molecule has 0 aromatic rings. The van der Waals surface area contributed by atoms with Crippen LogP contribution in [0.15, 0.2) is 0 Å². The minimum Gasteiger partial charge on any atom is -0.390 e. The van der Waals surface area contributed by atoms with E-state index in [1.165, 1.54) is 0 Å². The summed E-state index contributed by atoms with van der Waals surface area (Å²) in [5.41, 5.74) is -0.722. The van der Waals surface area contributed by atoms with Crippen molar-refractivity contribution >= 4 is 0 Å². The molecule has 5 heteroatoms. The lowest BCUT2D eigenvalue weighted by Crippen LogP contribution is -2.43. The SMILES string of the molecule is CCOC1(C(O)CCC(F)(F)F)CCCC1. The minimum absolute atomic E-state index is 0.260. The summed E-state index contributed by atoms with van der Waals surface area (Å²) in [6.45, 7) is 2.24. The molecule has 2 nitrogen and oxygen atoms in total. The molecular formula is C11H19F3O2. The minimum atomic E-state index is -4.20. The average Bonchev–Trinajstić information content (AvgIpc) is 2.63. The van der Waals surface area contributed by atoms with Crippen LogP contribution in [-0.2, 0) is 4.74 Å². The van der Waals surface area contributed by atoms with E-state index in [0.29, 0.717) is 19.4 Å². The van der Waals surface area contributed by atoms with Crippen LogP contribution in [0.1, 0.15) is 45.4 Å². The Balaban J connectivity index is 2.51. The summed E-state index contributed by atoms with van der Waals surface area (Å²) in [5.74, 6) is 0. The Kier molecular flexibility index (Phi) is 4.62. The lowest BCUT2D eigenvalue weighted by atomic mass is 9.91. The normalized spacial score (nSPS) is 22.3. The van der Waals surface area contributed by atoms with Gasteiger partial charge in [-0.2, -0.15) is 13.2 Å². The molecule has 96 valence electrons. The maximum absolute atomic E-state index is 12.1. The summed E-state index contributed by atoms with van der Waals surface area (Å²) in [6, 6.07) is 0. The van der Waals surface area contributed by atoms with Gasteiger partial charge < -0.3 is 9.84 Å². The molecule has 1 fully saturated rings. The third-order valence-electron chi connectivity index (χ3n) is 3.19. The van der Waals surface area contributed by atoms with Crippen LogP contribution in [0.25, 0.3) is 0 Å². The summed E-state index contributed by atoms with van der Waals surface area (Å²) in [5, 5.41) is 9.87. The van der Waals surface area contributed by atoms with Crippen LogP contribution in [0, 0.1) is 0 Å².